The Bertz CT molecular complexity index is 559. The molecule has 1 aliphatic heterocycles. The molecule has 122 valence electrons. The van der Waals surface area contributed by atoms with E-state index in [2.05, 4.69) is 5.32 Å². The van der Waals surface area contributed by atoms with Crippen molar-refractivity contribution in [2.45, 2.75) is 19.0 Å². The number of hydrogen-bond donors (Lipinski definition) is 2. The molecule has 1 saturated heterocycles. The van der Waals surface area contributed by atoms with Crippen molar-refractivity contribution in [3.8, 4) is 0 Å². The van der Waals surface area contributed by atoms with Crippen molar-refractivity contribution in [1.29, 1.82) is 0 Å². The number of likely N-dealkylation sites (tertiary alicyclic amines) is 1. The van der Waals surface area contributed by atoms with E-state index in [4.69, 9.17) is 5.73 Å². The Hall–Kier alpha value is -1.61. The number of anilines is 1. The van der Waals surface area contributed by atoms with Crippen molar-refractivity contribution < 1.29 is 22.8 Å². The summed E-state index contributed by atoms with van der Waals surface area (Å²) in [7, 11) is 0. The summed E-state index contributed by atoms with van der Waals surface area (Å²) in [6.07, 6.45) is -3.73. The standard InChI is InChI=1S/C13H16F3N3O2S/c14-13(15,16)8-2-1-4-19(6-8)7-10(20)18-12-9(11(17)21)3-5-22-12/h3,5,8H,1-2,4,6-7H2,(H2,17,21)(H,18,20)/t8-/m1/s1. The maximum Gasteiger partial charge on any atom is 0.393 e. The highest BCUT2D eigenvalue weighted by molar-refractivity contribution is 7.14. The lowest BCUT2D eigenvalue weighted by Gasteiger charge is -2.33. The van der Waals surface area contributed by atoms with Gasteiger partial charge in [0, 0.05) is 6.54 Å². The third-order valence-corrected chi connectivity index (χ3v) is 4.35. The lowest BCUT2D eigenvalue weighted by Crippen LogP contribution is -2.44. The van der Waals surface area contributed by atoms with E-state index in [-0.39, 0.29) is 25.1 Å². The van der Waals surface area contributed by atoms with Gasteiger partial charge in [0.1, 0.15) is 5.00 Å². The minimum atomic E-state index is -4.23. The zero-order valence-corrected chi connectivity index (χ0v) is 12.5. The molecule has 0 bridgehead atoms. The van der Waals surface area contributed by atoms with Gasteiger partial charge in [-0.25, -0.2) is 0 Å². The second kappa shape index (κ2) is 6.66. The molecule has 3 N–H and O–H groups in total. The van der Waals surface area contributed by atoms with E-state index >= 15 is 0 Å². The Kier molecular flexibility index (Phi) is 5.07. The lowest BCUT2D eigenvalue weighted by atomic mass is 9.97. The van der Waals surface area contributed by atoms with Crippen LogP contribution >= 0.6 is 11.3 Å². The first-order valence-electron chi connectivity index (χ1n) is 6.73. The van der Waals surface area contributed by atoms with Gasteiger partial charge in [0.05, 0.1) is 18.0 Å². The molecule has 0 radical (unpaired) electrons. The number of alkyl halides is 3. The molecule has 1 aromatic rings. The monoisotopic (exact) mass is 335 g/mol. The second-order valence-corrected chi connectivity index (χ2v) is 6.11. The van der Waals surface area contributed by atoms with E-state index in [9.17, 15) is 22.8 Å². The predicted molar refractivity (Wildman–Crippen MR) is 76.7 cm³/mol. The van der Waals surface area contributed by atoms with Gasteiger partial charge in [0.25, 0.3) is 5.91 Å². The molecule has 1 fully saturated rings. The Morgan fingerprint density at radius 1 is 1.45 bits per heavy atom. The number of halogens is 3. The molecule has 0 aromatic carbocycles. The Balaban J connectivity index is 1.92. The van der Waals surface area contributed by atoms with Crippen LogP contribution in [0.2, 0.25) is 0 Å². The van der Waals surface area contributed by atoms with Gasteiger partial charge in [-0.2, -0.15) is 13.2 Å². The molecule has 9 heteroatoms. The first-order valence-corrected chi connectivity index (χ1v) is 7.61. The van der Waals surface area contributed by atoms with Gasteiger partial charge in [-0.05, 0) is 30.8 Å². The summed E-state index contributed by atoms with van der Waals surface area (Å²) in [4.78, 5) is 24.6. The minimum absolute atomic E-state index is 0.0956. The number of thiophene rings is 1. The largest absolute Gasteiger partial charge is 0.393 e. The number of hydrogen-bond acceptors (Lipinski definition) is 4. The number of nitrogens with one attached hydrogen (secondary N) is 1. The van der Waals surface area contributed by atoms with E-state index in [0.717, 1.165) is 11.3 Å². The number of nitrogens with two attached hydrogens (primary N) is 1. The van der Waals surface area contributed by atoms with Crippen LogP contribution in [0.25, 0.3) is 0 Å². The quantitative estimate of drug-likeness (QED) is 0.884. The van der Waals surface area contributed by atoms with Gasteiger partial charge in [0.2, 0.25) is 5.91 Å². The Morgan fingerprint density at radius 2 is 2.18 bits per heavy atom. The molecule has 2 rings (SSSR count). The van der Waals surface area contributed by atoms with Crippen LogP contribution in [0.1, 0.15) is 23.2 Å². The Labute approximate surface area is 129 Å². The molecule has 22 heavy (non-hydrogen) atoms. The van der Waals surface area contributed by atoms with Crippen molar-refractivity contribution in [3.63, 3.8) is 0 Å². The van der Waals surface area contributed by atoms with Gasteiger partial charge in [-0.1, -0.05) is 0 Å². The molecule has 0 spiro atoms. The number of carbonyl (C=O) groups excluding carboxylic acids is 2. The van der Waals surface area contributed by atoms with Gasteiger partial charge in [-0.15, -0.1) is 11.3 Å². The molecular weight excluding hydrogens is 319 g/mol. The van der Waals surface area contributed by atoms with Gasteiger partial charge >= 0.3 is 6.18 Å². The summed E-state index contributed by atoms with van der Waals surface area (Å²) in [6.45, 7) is 0.139. The first-order chi connectivity index (χ1) is 10.3. The highest BCUT2D eigenvalue weighted by atomic mass is 32.1. The number of rotatable bonds is 4. The first kappa shape index (κ1) is 16.8. The van der Waals surface area contributed by atoms with E-state index in [1.54, 1.807) is 5.38 Å². The van der Waals surface area contributed by atoms with Crippen LogP contribution in [0.15, 0.2) is 11.4 Å². The molecule has 2 amide bonds. The van der Waals surface area contributed by atoms with Gasteiger partial charge in [0.15, 0.2) is 0 Å². The zero-order valence-electron chi connectivity index (χ0n) is 11.7. The SMILES string of the molecule is NC(=O)c1ccsc1NC(=O)CN1CCC[C@@H](C(F)(F)F)C1. The highest BCUT2D eigenvalue weighted by Crippen LogP contribution is 2.33. The van der Waals surface area contributed by atoms with Gasteiger partial charge in [-0.3, -0.25) is 14.5 Å². The summed E-state index contributed by atoms with van der Waals surface area (Å²) in [5.41, 5.74) is 5.37. The fraction of sp³-hybridized carbons (Fsp3) is 0.538. The normalized spacial score (nSPS) is 19.9. The van der Waals surface area contributed by atoms with Crippen molar-refractivity contribution in [3.05, 3.63) is 17.0 Å². The smallest absolute Gasteiger partial charge is 0.366 e. The van der Waals surface area contributed by atoms with Crippen LogP contribution in [-0.4, -0.2) is 42.5 Å². The number of nitrogens with zero attached hydrogens (tertiary/aromatic N) is 1. The van der Waals surface area contributed by atoms with E-state index < -0.39 is 23.9 Å². The fourth-order valence-electron chi connectivity index (χ4n) is 2.44. The molecular formula is C13H16F3N3O2S. The van der Waals surface area contributed by atoms with Crippen molar-refractivity contribution in [2.24, 2.45) is 11.7 Å². The molecule has 1 aliphatic rings. The topological polar surface area (TPSA) is 75.4 Å². The lowest BCUT2D eigenvalue weighted by molar-refractivity contribution is -0.186. The summed E-state index contributed by atoms with van der Waals surface area (Å²) < 4.78 is 38.2. The maximum atomic E-state index is 12.7. The molecule has 1 aromatic heterocycles. The highest BCUT2D eigenvalue weighted by Gasteiger charge is 2.41. The van der Waals surface area contributed by atoms with Crippen LogP contribution in [0.3, 0.4) is 0 Å². The molecule has 0 aliphatic carbocycles. The van der Waals surface area contributed by atoms with Crippen LogP contribution < -0.4 is 11.1 Å². The summed E-state index contributed by atoms with van der Waals surface area (Å²) in [5.74, 6) is -2.50. The van der Waals surface area contributed by atoms with E-state index in [1.165, 1.54) is 11.0 Å². The number of carbonyl (C=O) groups is 2. The molecule has 0 unspecified atom stereocenters. The average Bonchev–Trinajstić information content (AvgIpc) is 2.86. The zero-order chi connectivity index (χ0) is 16.3. The number of amides is 2. The summed E-state index contributed by atoms with van der Waals surface area (Å²) in [6, 6.07) is 1.49. The second-order valence-electron chi connectivity index (χ2n) is 5.19. The maximum absolute atomic E-state index is 12.7. The molecule has 2 heterocycles. The minimum Gasteiger partial charge on any atom is -0.366 e. The third-order valence-electron chi connectivity index (χ3n) is 3.52. The van der Waals surface area contributed by atoms with Gasteiger partial charge < -0.3 is 11.1 Å². The summed E-state index contributed by atoms with van der Waals surface area (Å²) in [5, 5.41) is 4.46. The van der Waals surface area contributed by atoms with Crippen molar-refractivity contribution in [2.75, 3.05) is 25.0 Å². The Morgan fingerprint density at radius 3 is 2.82 bits per heavy atom. The fourth-order valence-corrected chi connectivity index (χ4v) is 3.24. The molecule has 1 atom stereocenters. The van der Waals surface area contributed by atoms with Crippen molar-refractivity contribution >= 4 is 28.2 Å². The summed E-state index contributed by atoms with van der Waals surface area (Å²) >= 11 is 1.14. The number of primary amides is 1. The third kappa shape index (κ3) is 4.20. The van der Waals surface area contributed by atoms with Crippen LogP contribution in [0.5, 0.6) is 0 Å². The molecule has 0 saturated carbocycles. The van der Waals surface area contributed by atoms with E-state index in [1.807, 2.05) is 0 Å². The van der Waals surface area contributed by atoms with Crippen LogP contribution in [-0.2, 0) is 4.79 Å². The average molecular weight is 335 g/mol. The van der Waals surface area contributed by atoms with Crippen LogP contribution in [0.4, 0.5) is 18.2 Å². The van der Waals surface area contributed by atoms with Crippen molar-refractivity contribution in [1.82, 2.24) is 4.90 Å². The molecule has 5 nitrogen and oxygen atoms in total. The predicted octanol–water partition coefficient (Wildman–Crippen LogP) is 2.06. The number of piperidine rings is 1. The van der Waals surface area contributed by atoms with Crippen LogP contribution in [0, 0.1) is 5.92 Å². The van der Waals surface area contributed by atoms with E-state index in [0.29, 0.717) is 18.0 Å².